The summed E-state index contributed by atoms with van der Waals surface area (Å²) in [6.45, 7) is 2.89. The van der Waals surface area contributed by atoms with Crippen molar-refractivity contribution in [3.63, 3.8) is 0 Å². The number of hydrogen-bond donors (Lipinski definition) is 3. The lowest BCUT2D eigenvalue weighted by atomic mass is 9.87. The molecule has 1 aliphatic heterocycles. The van der Waals surface area contributed by atoms with Crippen molar-refractivity contribution in [2.45, 2.75) is 31.3 Å². The summed E-state index contributed by atoms with van der Waals surface area (Å²) >= 11 is 0. The summed E-state index contributed by atoms with van der Waals surface area (Å²) < 4.78 is 0. The average Bonchev–Trinajstić information content (AvgIpc) is 2.62. The quantitative estimate of drug-likeness (QED) is 0.669. The zero-order chi connectivity index (χ0) is 10.7. The third kappa shape index (κ3) is 2.17. The van der Waals surface area contributed by atoms with Gasteiger partial charge < -0.3 is 5.73 Å². The van der Waals surface area contributed by atoms with Crippen LogP contribution in [0.25, 0.3) is 0 Å². The van der Waals surface area contributed by atoms with Crippen LogP contribution in [0.5, 0.6) is 0 Å². The van der Waals surface area contributed by atoms with E-state index in [0.29, 0.717) is 24.5 Å². The van der Waals surface area contributed by atoms with Gasteiger partial charge in [0.2, 0.25) is 0 Å². The molecule has 1 fully saturated rings. The second kappa shape index (κ2) is 4.70. The van der Waals surface area contributed by atoms with Crippen LogP contribution in [0.1, 0.15) is 24.8 Å². The normalized spacial score (nSPS) is 30.7. The van der Waals surface area contributed by atoms with Crippen molar-refractivity contribution in [1.29, 1.82) is 0 Å². The maximum atomic E-state index is 5.61. The van der Waals surface area contributed by atoms with E-state index in [2.05, 4.69) is 28.8 Å². The number of pyridine rings is 1. The van der Waals surface area contributed by atoms with E-state index in [1.54, 1.807) is 0 Å². The van der Waals surface area contributed by atoms with Gasteiger partial charge in [-0.15, -0.1) is 0 Å². The first-order valence-corrected chi connectivity index (χ1v) is 5.44. The molecular weight excluding hydrogens is 188 g/mol. The molecule has 0 spiro atoms. The molecule has 4 heteroatoms. The fourth-order valence-electron chi connectivity index (χ4n) is 2.29. The van der Waals surface area contributed by atoms with E-state index in [1.165, 1.54) is 5.56 Å². The molecule has 1 aliphatic rings. The first-order valence-electron chi connectivity index (χ1n) is 5.44. The van der Waals surface area contributed by atoms with Crippen LogP contribution in [0.15, 0.2) is 24.5 Å². The van der Waals surface area contributed by atoms with Gasteiger partial charge in [-0.3, -0.25) is 15.8 Å². The first-order chi connectivity index (χ1) is 7.33. The van der Waals surface area contributed by atoms with Gasteiger partial charge in [0.05, 0.1) is 0 Å². The van der Waals surface area contributed by atoms with E-state index < -0.39 is 0 Å². The third-order valence-corrected chi connectivity index (χ3v) is 3.02. The Morgan fingerprint density at radius 1 is 1.47 bits per heavy atom. The van der Waals surface area contributed by atoms with E-state index in [-0.39, 0.29) is 0 Å². The molecule has 1 saturated heterocycles. The number of aromatic nitrogens is 1. The minimum Gasteiger partial charge on any atom is -0.330 e. The molecule has 15 heavy (non-hydrogen) atoms. The minimum absolute atomic E-state index is 0.411. The van der Waals surface area contributed by atoms with Gasteiger partial charge in [0.15, 0.2) is 0 Å². The largest absolute Gasteiger partial charge is 0.330 e. The van der Waals surface area contributed by atoms with Crippen molar-refractivity contribution >= 4 is 0 Å². The number of nitrogens with one attached hydrogen (secondary N) is 2. The van der Waals surface area contributed by atoms with Crippen LogP contribution >= 0.6 is 0 Å². The Morgan fingerprint density at radius 3 is 3.00 bits per heavy atom. The lowest BCUT2D eigenvalue weighted by Crippen LogP contribution is -2.33. The fraction of sp³-hybridized carbons (Fsp3) is 0.545. The Morgan fingerprint density at radius 2 is 2.33 bits per heavy atom. The Hall–Kier alpha value is -0.970. The van der Waals surface area contributed by atoms with Gasteiger partial charge in [-0.2, -0.15) is 0 Å². The number of nitrogens with zero attached hydrogens (tertiary/aromatic N) is 1. The highest BCUT2D eigenvalue weighted by molar-refractivity contribution is 5.21. The van der Waals surface area contributed by atoms with Gasteiger partial charge in [-0.1, -0.05) is 6.07 Å². The maximum absolute atomic E-state index is 5.61. The monoisotopic (exact) mass is 206 g/mol. The van der Waals surface area contributed by atoms with Gasteiger partial charge in [0, 0.05) is 30.4 Å². The SMILES string of the molecule is CC1NNC(CCN)C1c1cccnc1. The Balaban J connectivity index is 2.17. The Kier molecular flexibility index (Phi) is 3.30. The summed E-state index contributed by atoms with van der Waals surface area (Å²) in [6.07, 6.45) is 4.73. The molecule has 1 aromatic heterocycles. The average molecular weight is 206 g/mol. The van der Waals surface area contributed by atoms with E-state index in [4.69, 9.17) is 5.73 Å². The number of hydrazine groups is 1. The zero-order valence-electron chi connectivity index (χ0n) is 8.98. The van der Waals surface area contributed by atoms with Crippen LogP contribution in [0, 0.1) is 0 Å². The second-order valence-electron chi connectivity index (χ2n) is 4.07. The molecule has 3 unspecified atom stereocenters. The Bertz CT molecular complexity index is 299. The summed E-state index contributed by atoms with van der Waals surface area (Å²) in [5.41, 5.74) is 13.5. The van der Waals surface area contributed by atoms with Crippen LogP contribution in [-0.2, 0) is 0 Å². The van der Waals surface area contributed by atoms with Crippen LogP contribution < -0.4 is 16.6 Å². The van der Waals surface area contributed by atoms with Crippen LogP contribution in [-0.4, -0.2) is 23.6 Å². The van der Waals surface area contributed by atoms with E-state index in [9.17, 15) is 0 Å². The van der Waals surface area contributed by atoms with Gasteiger partial charge in [0.1, 0.15) is 0 Å². The summed E-state index contributed by atoms with van der Waals surface area (Å²) in [6, 6.07) is 4.95. The van der Waals surface area contributed by atoms with Crippen molar-refractivity contribution in [1.82, 2.24) is 15.8 Å². The van der Waals surface area contributed by atoms with Crippen molar-refractivity contribution in [2.75, 3.05) is 6.54 Å². The third-order valence-electron chi connectivity index (χ3n) is 3.02. The number of rotatable bonds is 3. The van der Waals surface area contributed by atoms with Gasteiger partial charge in [0.25, 0.3) is 0 Å². The highest BCUT2D eigenvalue weighted by atomic mass is 15.4. The van der Waals surface area contributed by atoms with Crippen LogP contribution in [0.2, 0.25) is 0 Å². The molecule has 4 N–H and O–H groups in total. The predicted molar refractivity (Wildman–Crippen MR) is 60.2 cm³/mol. The molecule has 0 bridgehead atoms. The zero-order valence-corrected chi connectivity index (χ0v) is 8.98. The molecule has 0 amide bonds. The first kappa shape index (κ1) is 10.5. The lowest BCUT2D eigenvalue weighted by Gasteiger charge is -2.20. The van der Waals surface area contributed by atoms with E-state index >= 15 is 0 Å². The van der Waals surface area contributed by atoms with Crippen molar-refractivity contribution in [3.8, 4) is 0 Å². The summed E-state index contributed by atoms with van der Waals surface area (Å²) in [5, 5.41) is 0. The smallest absolute Gasteiger partial charge is 0.0309 e. The van der Waals surface area contributed by atoms with Crippen molar-refractivity contribution in [2.24, 2.45) is 5.73 Å². The standard InChI is InChI=1S/C11H18N4/c1-8-11(9-3-2-6-13-7-9)10(4-5-12)15-14-8/h2-3,6-8,10-11,14-15H,4-5,12H2,1H3. The van der Waals surface area contributed by atoms with Crippen LogP contribution in [0.3, 0.4) is 0 Å². The summed E-state index contributed by atoms with van der Waals surface area (Å²) in [7, 11) is 0. The molecule has 82 valence electrons. The molecule has 2 rings (SSSR count). The topological polar surface area (TPSA) is 63.0 Å². The highest BCUT2D eigenvalue weighted by Crippen LogP contribution is 2.27. The molecule has 3 atom stereocenters. The summed E-state index contributed by atoms with van der Waals surface area (Å²) in [5.74, 6) is 0.460. The minimum atomic E-state index is 0.411. The fourth-order valence-corrected chi connectivity index (χ4v) is 2.29. The molecule has 0 aromatic carbocycles. The van der Waals surface area contributed by atoms with Gasteiger partial charge in [-0.05, 0) is 31.5 Å². The maximum Gasteiger partial charge on any atom is 0.0309 e. The van der Waals surface area contributed by atoms with Crippen LogP contribution in [0.4, 0.5) is 0 Å². The Labute approximate surface area is 90.2 Å². The number of hydrogen-bond acceptors (Lipinski definition) is 4. The molecule has 0 aliphatic carbocycles. The molecule has 2 heterocycles. The lowest BCUT2D eigenvalue weighted by molar-refractivity contribution is 0.497. The van der Waals surface area contributed by atoms with E-state index in [1.807, 2.05) is 18.5 Å². The van der Waals surface area contributed by atoms with Gasteiger partial charge >= 0.3 is 0 Å². The molecule has 0 radical (unpaired) electrons. The highest BCUT2D eigenvalue weighted by Gasteiger charge is 2.33. The second-order valence-corrected chi connectivity index (χ2v) is 4.07. The molecule has 1 aromatic rings. The predicted octanol–water partition coefficient (Wildman–Crippen LogP) is 0.379. The molecule has 0 saturated carbocycles. The van der Waals surface area contributed by atoms with Crippen molar-refractivity contribution < 1.29 is 0 Å². The number of nitrogens with two attached hydrogens (primary N) is 1. The van der Waals surface area contributed by atoms with Gasteiger partial charge in [-0.25, -0.2) is 0 Å². The molecular formula is C11H18N4. The summed E-state index contributed by atoms with van der Waals surface area (Å²) in [4.78, 5) is 4.17. The molecule has 4 nitrogen and oxygen atoms in total. The van der Waals surface area contributed by atoms with E-state index in [0.717, 1.165) is 6.42 Å². The van der Waals surface area contributed by atoms with Crippen molar-refractivity contribution in [3.05, 3.63) is 30.1 Å².